The van der Waals surface area contributed by atoms with E-state index in [9.17, 15) is 0 Å². The highest BCUT2D eigenvalue weighted by Gasteiger charge is 2.31. The third kappa shape index (κ3) is 3.38. The number of rotatable bonds is 5. The summed E-state index contributed by atoms with van der Waals surface area (Å²) in [6.07, 6.45) is 8.46. The molecule has 3 fully saturated rings. The molecule has 1 aromatic rings. The van der Waals surface area contributed by atoms with Gasteiger partial charge in [0.15, 0.2) is 0 Å². The van der Waals surface area contributed by atoms with Crippen molar-refractivity contribution >= 4 is 0 Å². The lowest BCUT2D eigenvalue weighted by Gasteiger charge is -2.38. The second-order valence-electron chi connectivity index (χ2n) is 7.77. The van der Waals surface area contributed by atoms with Crippen LogP contribution < -0.4 is 0 Å². The number of nitrogens with zero attached hydrogens (tertiary/aromatic N) is 2. The summed E-state index contributed by atoms with van der Waals surface area (Å²) in [6.45, 7) is 7.82. The van der Waals surface area contributed by atoms with Gasteiger partial charge in [-0.25, -0.2) is 0 Å². The lowest BCUT2D eigenvalue weighted by Crippen LogP contribution is -2.33. The molecule has 2 heterocycles. The number of hydrogen-bond acceptors (Lipinski definition) is 2. The molecule has 0 aromatic heterocycles. The molecule has 0 unspecified atom stereocenters. The first-order valence-corrected chi connectivity index (χ1v) is 9.40. The molecule has 1 aromatic carbocycles. The summed E-state index contributed by atoms with van der Waals surface area (Å²) in [7, 11) is 0. The summed E-state index contributed by atoms with van der Waals surface area (Å²) in [4.78, 5) is 5.27. The molecule has 2 heteroatoms. The van der Waals surface area contributed by atoms with Crippen molar-refractivity contribution in [1.29, 1.82) is 0 Å². The highest BCUT2D eigenvalue weighted by molar-refractivity contribution is 5.27. The molecule has 0 amide bonds. The van der Waals surface area contributed by atoms with Gasteiger partial charge in [-0.3, -0.25) is 4.90 Å². The minimum absolute atomic E-state index is 0.841. The first-order chi connectivity index (χ1) is 10.9. The molecule has 0 bridgehead atoms. The maximum atomic E-state index is 2.68. The highest BCUT2D eigenvalue weighted by Crippen LogP contribution is 2.42. The molecule has 3 aliphatic rings. The molecule has 1 saturated carbocycles. The molecular formula is C20H30N2. The molecule has 0 spiro atoms. The molecule has 2 nitrogen and oxygen atoms in total. The molecule has 120 valence electrons. The van der Waals surface area contributed by atoms with Crippen molar-refractivity contribution < 1.29 is 0 Å². The van der Waals surface area contributed by atoms with Gasteiger partial charge in [0, 0.05) is 13.1 Å². The zero-order valence-electron chi connectivity index (χ0n) is 13.8. The fourth-order valence-electron chi connectivity index (χ4n) is 4.58. The Labute approximate surface area is 135 Å². The van der Waals surface area contributed by atoms with Crippen LogP contribution in [0.5, 0.6) is 0 Å². The Morgan fingerprint density at radius 2 is 1.36 bits per heavy atom. The Morgan fingerprint density at radius 3 is 2.00 bits per heavy atom. The van der Waals surface area contributed by atoms with Gasteiger partial charge in [-0.15, -0.1) is 0 Å². The second kappa shape index (κ2) is 6.72. The Kier molecular flexibility index (Phi) is 4.49. The zero-order chi connectivity index (χ0) is 14.8. The summed E-state index contributed by atoms with van der Waals surface area (Å²) in [6, 6.07) is 9.56. The van der Waals surface area contributed by atoms with Crippen molar-refractivity contribution in [3.8, 4) is 0 Å². The van der Waals surface area contributed by atoms with Gasteiger partial charge in [-0.05, 0) is 87.7 Å². The maximum absolute atomic E-state index is 2.68. The average molecular weight is 298 g/mol. The molecule has 2 saturated heterocycles. The van der Waals surface area contributed by atoms with Crippen LogP contribution in [0, 0.1) is 5.92 Å². The van der Waals surface area contributed by atoms with Gasteiger partial charge in [-0.2, -0.15) is 0 Å². The van der Waals surface area contributed by atoms with Crippen molar-refractivity contribution in [2.24, 2.45) is 5.92 Å². The first-order valence-electron chi connectivity index (χ1n) is 9.40. The lowest BCUT2D eigenvalue weighted by molar-refractivity contribution is 0.180. The van der Waals surface area contributed by atoms with Crippen molar-refractivity contribution in [3.63, 3.8) is 0 Å². The lowest BCUT2D eigenvalue weighted by atomic mass is 9.71. The summed E-state index contributed by atoms with van der Waals surface area (Å²) in [5.74, 6) is 1.81. The molecule has 0 radical (unpaired) electrons. The third-order valence-corrected chi connectivity index (χ3v) is 6.01. The van der Waals surface area contributed by atoms with E-state index in [2.05, 4.69) is 34.1 Å². The quantitative estimate of drug-likeness (QED) is 0.814. The monoisotopic (exact) mass is 298 g/mol. The average Bonchev–Trinajstić information content (AvgIpc) is 3.17. The molecule has 0 atom stereocenters. The van der Waals surface area contributed by atoms with E-state index in [-0.39, 0.29) is 0 Å². The smallest absolute Gasteiger partial charge is 0.0233 e. The van der Waals surface area contributed by atoms with Crippen LogP contribution in [0.15, 0.2) is 24.3 Å². The maximum Gasteiger partial charge on any atom is 0.0233 e. The predicted molar refractivity (Wildman–Crippen MR) is 92.1 cm³/mol. The van der Waals surface area contributed by atoms with E-state index in [0.717, 1.165) is 18.4 Å². The highest BCUT2D eigenvalue weighted by atomic mass is 15.1. The van der Waals surface area contributed by atoms with Crippen molar-refractivity contribution in [3.05, 3.63) is 35.4 Å². The van der Waals surface area contributed by atoms with Gasteiger partial charge in [0.2, 0.25) is 0 Å². The summed E-state index contributed by atoms with van der Waals surface area (Å²) in [5, 5.41) is 0. The van der Waals surface area contributed by atoms with Gasteiger partial charge in [0.25, 0.3) is 0 Å². The predicted octanol–water partition coefficient (Wildman–Crippen LogP) is 3.87. The fourth-order valence-corrected chi connectivity index (χ4v) is 4.58. The Morgan fingerprint density at radius 1 is 0.773 bits per heavy atom. The van der Waals surface area contributed by atoms with Gasteiger partial charge >= 0.3 is 0 Å². The van der Waals surface area contributed by atoms with E-state index in [1.807, 2.05) is 0 Å². The van der Waals surface area contributed by atoms with Gasteiger partial charge < -0.3 is 4.90 Å². The van der Waals surface area contributed by atoms with Gasteiger partial charge in [-0.1, -0.05) is 24.3 Å². The summed E-state index contributed by atoms with van der Waals surface area (Å²) >= 11 is 0. The molecule has 1 aliphatic carbocycles. The van der Waals surface area contributed by atoms with Crippen LogP contribution >= 0.6 is 0 Å². The standard InChI is InChI=1S/C20H30N2/c1-2-10-21(9-1)15-17-5-7-19(8-6-17)20-13-18(14-20)16-22-11-3-4-12-22/h5-8,18,20H,1-4,9-16H2/t18-,20+. The third-order valence-electron chi connectivity index (χ3n) is 6.01. The van der Waals surface area contributed by atoms with E-state index in [0.29, 0.717) is 0 Å². The van der Waals surface area contributed by atoms with Crippen LogP contribution in [-0.4, -0.2) is 42.5 Å². The van der Waals surface area contributed by atoms with Crippen LogP contribution in [-0.2, 0) is 6.54 Å². The Hall–Kier alpha value is -0.860. The van der Waals surface area contributed by atoms with Gasteiger partial charge in [0.1, 0.15) is 0 Å². The molecule has 0 N–H and O–H groups in total. The molecule has 2 aliphatic heterocycles. The first kappa shape index (κ1) is 14.7. The van der Waals surface area contributed by atoms with E-state index >= 15 is 0 Å². The SMILES string of the molecule is c1cc([C@H]2C[C@@H](CN3CCCC3)C2)ccc1CN1CCCC1. The summed E-state index contributed by atoms with van der Waals surface area (Å²) < 4.78 is 0. The normalized spacial score (nSPS) is 29.8. The van der Waals surface area contributed by atoms with Crippen LogP contribution in [0.3, 0.4) is 0 Å². The minimum atomic E-state index is 0.841. The van der Waals surface area contributed by atoms with E-state index in [1.54, 1.807) is 5.56 Å². The number of hydrogen-bond donors (Lipinski definition) is 0. The zero-order valence-corrected chi connectivity index (χ0v) is 13.8. The van der Waals surface area contributed by atoms with Crippen LogP contribution in [0.2, 0.25) is 0 Å². The largest absolute Gasteiger partial charge is 0.303 e. The molecular weight excluding hydrogens is 268 g/mol. The Bertz CT molecular complexity index is 463. The minimum Gasteiger partial charge on any atom is -0.303 e. The van der Waals surface area contributed by atoms with E-state index in [1.165, 1.54) is 76.8 Å². The van der Waals surface area contributed by atoms with E-state index < -0.39 is 0 Å². The number of likely N-dealkylation sites (tertiary alicyclic amines) is 2. The molecule has 22 heavy (non-hydrogen) atoms. The summed E-state index contributed by atoms with van der Waals surface area (Å²) in [5.41, 5.74) is 3.08. The van der Waals surface area contributed by atoms with Crippen molar-refractivity contribution in [1.82, 2.24) is 9.80 Å². The van der Waals surface area contributed by atoms with Crippen LogP contribution in [0.25, 0.3) is 0 Å². The van der Waals surface area contributed by atoms with Crippen LogP contribution in [0.4, 0.5) is 0 Å². The van der Waals surface area contributed by atoms with Crippen LogP contribution in [0.1, 0.15) is 55.6 Å². The van der Waals surface area contributed by atoms with Crippen molar-refractivity contribution in [2.45, 2.75) is 51.0 Å². The second-order valence-corrected chi connectivity index (χ2v) is 7.77. The Balaban J connectivity index is 1.25. The fraction of sp³-hybridized carbons (Fsp3) is 0.700. The van der Waals surface area contributed by atoms with Crippen molar-refractivity contribution in [2.75, 3.05) is 32.7 Å². The van der Waals surface area contributed by atoms with Gasteiger partial charge in [0.05, 0.1) is 0 Å². The molecule has 4 rings (SSSR count). The topological polar surface area (TPSA) is 6.48 Å². The number of benzene rings is 1. The van der Waals surface area contributed by atoms with E-state index in [4.69, 9.17) is 0 Å².